The lowest BCUT2D eigenvalue weighted by molar-refractivity contribution is -0.149. The SMILES string of the molecule is CC(C)(C)OC(=O)/C=C\C(=O)O.CCOC(=O)[C@H](CCc1ccccc1)N[C@@H](C)C(=O)N1C(=O)N(C)C[C@H]1C(=O)O. The van der Waals surface area contributed by atoms with Gasteiger partial charge in [0, 0.05) is 19.2 Å². The Morgan fingerprint density at radius 3 is 2.22 bits per heavy atom. The second kappa shape index (κ2) is 16.1. The molecule has 0 spiro atoms. The van der Waals surface area contributed by atoms with Crippen molar-refractivity contribution in [2.45, 2.75) is 71.2 Å². The lowest BCUT2D eigenvalue weighted by Crippen LogP contribution is -2.54. The molecule has 1 saturated heterocycles. The van der Waals surface area contributed by atoms with Gasteiger partial charge >= 0.3 is 29.9 Å². The van der Waals surface area contributed by atoms with E-state index in [2.05, 4.69) is 5.32 Å². The molecule has 0 bridgehead atoms. The Bertz CT molecular complexity index is 1110. The summed E-state index contributed by atoms with van der Waals surface area (Å²) in [7, 11) is 1.44. The highest BCUT2D eigenvalue weighted by Crippen LogP contribution is 2.17. The fourth-order valence-electron chi connectivity index (χ4n) is 3.70. The van der Waals surface area contributed by atoms with Crippen LogP contribution in [0, 0.1) is 0 Å². The molecule has 1 aromatic carbocycles. The number of carbonyl (C=O) groups is 6. The zero-order chi connectivity index (χ0) is 31.3. The monoisotopic (exact) mass is 577 g/mol. The summed E-state index contributed by atoms with van der Waals surface area (Å²) in [5.41, 5.74) is 0.449. The maximum Gasteiger partial charge on any atom is 0.331 e. The number of imide groups is 1. The lowest BCUT2D eigenvalue weighted by atomic mass is 10.0. The maximum absolute atomic E-state index is 12.8. The summed E-state index contributed by atoms with van der Waals surface area (Å²) in [6, 6.07) is 5.92. The van der Waals surface area contributed by atoms with Crippen LogP contribution in [0.1, 0.15) is 46.6 Å². The minimum Gasteiger partial charge on any atom is -0.480 e. The maximum atomic E-state index is 12.8. The Hall–Kier alpha value is -4.26. The normalized spacial score (nSPS) is 16.4. The Kier molecular flexibility index (Phi) is 13.7. The van der Waals surface area contributed by atoms with Crippen molar-refractivity contribution in [3.05, 3.63) is 48.0 Å². The van der Waals surface area contributed by atoms with Crippen molar-refractivity contribution in [3.63, 3.8) is 0 Å². The van der Waals surface area contributed by atoms with E-state index in [1.165, 1.54) is 18.9 Å². The number of likely N-dealkylation sites (N-methyl/N-ethyl adjacent to an activating group) is 1. The van der Waals surface area contributed by atoms with E-state index in [4.69, 9.17) is 14.6 Å². The zero-order valence-electron chi connectivity index (χ0n) is 24.2. The van der Waals surface area contributed by atoms with E-state index in [9.17, 15) is 33.9 Å². The summed E-state index contributed by atoms with van der Waals surface area (Å²) in [6.07, 6.45) is 2.60. The molecule has 2 rings (SSSR count). The number of carbonyl (C=O) groups excluding carboxylic acids is 4. The van der Waals surface area contributed by atoms with Gasteiger partial charge in [0.25, 0.3) is 0 Å². The molecular weight excluding hydrogens is 538 g/mol. The minimum absolute atomic E-state index is 0.0814. The number of nitrogens with one attached hydrogen (secondary N) is 1. The zero-order valence-corrected chi connectivity index (χ0v) is 24.2. The van der Waals surface area contributed by atoms with Crippen LogP contribution in [0.2, 0.25) is 0 Å². The van der Waals surface area contributed by atoms with Crippen LogP contribution >= 0.6 is 0 Å². The highest BCUT2D eigenvalue weighted by atomic mass is 16.6. The summed E-state index contributed by atoms with van der Waals surface area (Å²) in [6.45, 7) is 8.43. The minimum atomic E-state index is -1.26. The third kappa shape index (κ3) is 12.2. The lowest BCUT2D eigenvalue weighted by Gasteiger charge is -2.26. The molecule has 1 heterocycles. The van der Waals surface area contributed by atoms with Gasteiger partial charge in [0.05, 0.1) is 19.2 Å². The van der Waals surface area contributed by atoms with E-state index in [-0.39, 0.29) is 13.2 Å². The summed E-state index contributed by atoms with van der Waals surface area (Å²) in [4.78, 5) is 71.5. The molecule has 13 heteroatoms. The van der Waals surface area contributed by atoms with Crippen LogP contribution in [0.3, 0.4) is 0 Å². The predicted molar refractivity (Wildman–Crippen MR) is 147 cm³/mol. The molecule has 1 aliphatic rings. The molecule has 0 unspecified atom stereocenters. The number of carboxylic acids is 2. The highest BCUT2D eigenvalue weighted by molar-refractivity contribution is 6.02. The van der Waals surface area contributed by atoms with Crippen LogP contribution in [0.25, 0.3) is 0 Å². The van der Waals surface area contributed by atoms with Crippen molar-refractivity contribution in [2.75, 3.05) is 20.2 Å². The summed E-state index contributed by atoms with van der Waals surface area (Å²) < 4.78 is 9.90. The molecule has 1 aliphatic heterocycles. The molecule has 13 nitrogen and oxygen atoms in total. The number of benzene rings is 1. The largest absolute Gasteiger partial charge is 0.480 e. The number of amides is 3. The highest BCUT2D eigenvalue weighted by Gasteiger charge is 2.45. The number of aryl methyl sites for hydroxylation is 1. The quantitative estimate of drug-likeness (QED) is 0.258. The van der Waals surface area contributed by atoms with Gasteiger partial charge in [-0.3, -0.25) is 14.9 Å². The molecular formula is C28H39N3O10. The number of rotatable bonds is 11. The number of carboxylic acid groups (broad SMARTS) is 2. The van der Waals surface area contributed by atoms with Crippen molar-refractivity contribution < 1.29 is 48.5 Å². The van der Waals surface area contributed by atoms with E-state index < -0.39 is 59.5 Å². The molecule has 1 aromatic rings. The van der Waals surface area contributed by atoms with Gasteiger partial charge in [0.15, 0.2) is 6.04 Å². The van der Waals surface area contributed by atoms with Crippen molar-refractivity contribution in [1.29, 1.82) is 0 Å². The van der Waals surface area contributed by atoms with E-state index in [1.54, 1.807) is 27.7 Å². The molecule has 0 saturated carbocycles. The average Bonchev–Trinajstić information content (AvgIpc) is 3.19. The first-order chi connectivity index (χ1) is 19.1. The fraction of sp³-hybridized carbons (Fsp3) is 0.500. The topological polar surface area (TPSA) is 180 Å². The number of nitrogens with zero attached hydrogens (tertiary/aromatic N) is 2. The number of esters is 2. The van der Waals surface area contributed by atoms with Crippen molar-refractivity contribution in [1.82, 2.24) is 15.1 Å². The molecule has 41 heavy (non-hydrogen) atoms. The Morgan fingerprint density at radius 1 is 1.10 bits per heavy atom. The van der Waals surface area contributed by atoms with E-state index in [0.29, 0.717) is 12.8 Å². The van der Waals surface area contributed by atoms with Crippen LogP contribution in [0.4, 0.5) is 4.79 Å². The van der Waals surface area contributed by atoms with Crippen LogP contribution in [0.15, 0.2) is 42.5 Å². The molecule has 0 aliphatic carbocycles. The number of ether oxygens (including phenoxy) is 2. The summed E-state index contributed by atoms with van der Waals surface area (Å²) >= 11 is 0. The van der Waals surface area contributed by atoms with Crippen LogP contribution in [-0.4, -0.2) is 99.8 Å². The van der Waals surface area contributed by atoms with Crippen molar-refractivity contribution in [3.8, 4) is 0 Å². The van der Waals surface area contributed by atoms with E-state index in [1.807, 2.05) is 30.3 Å². The first kappa shape index (κ1) is 34.8. The molecule has 3 atom stereocenters. The fourth-order valence-corrected chi connectivity index (χ4v) is 3.70. The first-order valence-electron chi connectivity index (χ1n) is 13.0. The Balaban J connectivity index is 0.000000590. The number of urea groups is 1. The van der Waals surface area contributed by atoms with E-state index >= 15 is 0 Å². The Labute approximate surface area is 239 Å². The number of aliphatic carboxylic acids is 2. The van der Waals surface area contributed by atoms with Crippen LogP contribution in [0.5, 0.6) is 0 Å². The van der Waals surface area contributed by atoms with Crippen molar-refractivity contribution in [2.24, 2.45) is 0 Å². The van der Waals surface area contributed by atoms with Gasteiger partial charge < -0.3 is 24.6 Å². The smallest absolute Gasteiger partial charge is 0.331 e. The van der Waals surface area contributed by atoms with Gasteiger partial charge in [-0.1, -0.05) is 30.3 Å². The predicted octanol–water partition coefficient (Wildman–Crippen LogP) is 1.85. The molecule has 226 valence electrons. The van der Waals surface area contributed by atoms with Gasteiger partial charge in [-0.05, 0) is 53.0 Å². The van der Waals surface area contributed by atoms with Gasteiger partial charge in [0.1, 0.15) is 11.6 Å². The molecule has 0 radical (unpaired) electrons. The van der Waals surface area contributed by atoms with Gasteiger partial charge in [0.2, 0.25) is 5.91 Å². The molecule has 3 N–H and O–H groups in total. The second-order valence-corrected chi connectivity index (χ2v) is 10.1. The summed E-state index contributed by atoms with van der Waals surface area (Å²) in [5, 5.41) is 20.4. The average molecular weight is 578 g/mol. The van der Waals surface area contributed by atoms with Gasteiger partial charge in [-0.2, -0.15) is 0 Å². The third-order valence-electron chi connectivity index (χ3n) is 5.54. The van der Waals surface area contributed by atoms with E-state index in [0.717, 1.165) is 22.6 Å². The van der Waals surface area contributed by atoms with Crippen LogP contribution in [-0.2, 0) is 39.9 Å². The Morgan fingerprint density at radius 2 is 1.71 bits per heavy atom. The van der Waals surface area contributed by atoms with Crippen LogP contribution < -0.4 is 5.32 Å². The van der Waals surface area contributed by atoms with Gasteiger partial charge in [-0.25, -0.2) is 24.1 Å². The second-order valence-electron chi connectivity index (χ2n) is 10.1. The number of hydrogen-bond donors (Lipinski definition) is 3. The third-order valence-corrected chi connectivity index (χ3v) is 5.54. The summed E-state index contributed by atoms with van der Waals surface area (Å²) in [5.74, 6) is -4.26. The number of hydrogen-bond acceptors (Lipinski definition) is 9. The van der Waals surface area contributed by atoms with Crippen molar-refractivity contribution >= 4 is 35.8 Å². The standard InChI is InChI=1S/C20H27N3O6.C8H12O4/c1-4-29-19(27)15(11-10-14-8-6-5-7-9-14)21-13(2)17(24)23-16(18(25)26)12-22(3)20(23)28;1-8(2,3)12-7(11)5-4-6(9)10/h5-9,13,15-16,21H,4,10-12H2,1-3H3,(H,25,26);4-5H,1-3H3,(H,9,10)/b;5-4-/t13-,15-,16-;/m0./s1. The van der Waals surface area contributed by atoms with Gasteiger partial charge in [-0.15, -0.1) is 0 Å². The molecule has 3 amide bonds. The molecule has 0 aromatic heterocycles. The molecule has 1 fully saturated rings. The first-order valence-corrected chi connectivity index (χ1v) is 13.0.